The summed E-state index contributed by atoms with van der Waals surface area (Å²) in [5, 5.41) is 12.9. The van der Waals surface area contributed by atoms with Gasteiger partial charge in [-0.3, -0.25) is 9.59 Å². The summed E-state index contributed by atoms with van der Waals surface area (Å²) in [6.07, 6.45) is 7.52. The molecule has 0 spiro atoms. The maximum atomic E-state index is 13.1. The molecule has 1 saturated carbocycles. The highest BCUT2D eigenvalue weighted by molar-refractivity contribution is 7.15. The van der Waals surface area contributed by atoms with E-state index in [1.54, 1.807) is 4.90 Å². The van der Waals surface area contributed by atoms with E-state index >= 15 is 0 Å². The zero-order chi connectivity index (χ0) is 20.2. The van der Waals surface area contributed by atoms with Crippen LogP contribution in [0.3, 0.4) is 0 Å². The Labute approximate surface area is 173 Å². The van der Waals surface area contributed by atoms with Gasteiger partial charge in [0, 0.05) is 24.6 Å². The van der Waals surface area contributed by atoms with E-state index in [-0.39, 0.29) is 23.5 Å². The predicted molar refractivity (Wildman–Crippen MR) is 109 cm³/mol. The van der Waals surface area contributed by atoms with Gasteiger partial charge in [-0.15, -0.1) is 10.2 Å². The van der Waals surface area contributed by atoms with Gasteiger partial charge in [0.15, 0.2) is 0 Å². The summed E-state index contributed by atoms with van der Waals surface area (Å²) in [5.74, 6) is -0.478. The average molecular weight is 417 g/mol. The number of hydrogen-bond donors (Lipinski definition) is 1. The largest absolute Gasteiger partial charge is 0.338 e. The fraction of sp³-hybridized carbons (Fsp3) is 0.524. The summed E-state index contributed by atoms with van der Waals surface area (Å²) >= 11 is 1.47. The van der Waals surface area contributed by atoms with E-state index in [9.17, 15) is 14.0 Å². The van der Waals surface area contributed by atoms with E-state index in [2.05, 4.69) is 15.5 Å². The first-order chi connectivity index (χ1) is 14.1. The molecule has 0 bridgehead atoms. The second-order valence-corrected chi connectivity index (χ2v) is 8.88. The number of likely N-dealkylation sites (tertiary alicyclic amines) is 1. The van der Waals surface area contributed by atoms with E-state index in [1.807, 2.05) is 0 Å². The number of nitrogens with zero attached hydrogens (tertiary/aromatic N) is 3. The summed E-state index contributed by atoms with van der Waals surface area (Å²) < 4.78 is 13.1. The number of carbonyl (C=O) groups is 2. The van der Waals surface area contributed by atoms with E-state index in [0.29, 0.717) is 29.7 Å². The van der Waals surface area contributed by atoms with Crippen LogP contribution in [-0.4, -0.2) is 40.0 Å². The topological polar surface area (TPSA) is 75.2 Å². The van der Waals surface area contributed by atoms with Crippen LogP contribution in [0.4, 0.5) is 9.52 Å². The van der Waals surface area contributed by atoms with Crippen LogP contribution in [0.25, 0.3) is 0 Å². The monoisotopic (exact) mass is 416 g/mol. The van der Waals surface area contributed by atoms with Crippen molar-refractivity contribution in [2.75, 3.05) is 18.4 Å². The van der Waals surface area contributed by atoms with Crippen molar-refractivity contribution in [3.63, 3.8) is 0 Å². The lowest BCUT2D eigenvalue weighted by Crippen LogP contribution is -2.43. The number of hydrogen-bond acceptors (Lipinski definition) is 5. The summed E-state index contributed by atoms with van der Waals surface area (Å²) in [6, 6.07) is 5.52. The maximum Gasteiger partial charge on any atom is 0.253 e. The molecule has 1 aromatic heterocycles. The molecule has 29 heavy (non-hydrogen) atoms. The van der Waals surface area contributed by atoms with Gasteiger partial charge in [0.1, 0.15) is 10.8 Å². The molecule has 154 valence electrons. The summed E-state index contributed by atoms with van der Waals surface area (Å²) in [6.45, 7) is 0.959. The summed E-state index contributed by atoms with van der Waals surface area (Å²) in [5.41, 5.74) is 0.439. The van der Waals surface area contributed by atoms with Crippen LogP contribution in [0, 0.1) is 11.7 Å². The maximum absolute atomic E-state index is 13.1. The third-order valence-electron chi connectivity index (χ3n) is 5.80. The van der Waals surface area contributed by atoms with E-state index < -0.39 is 0 Å². The lowest BCUT2D eigenvalue weighted by atomic mass is 9.90. The SMILES string of the molecule is O=C(Nc1nnc(C2CCCCC2)s1)C1CCCN(C(=O)c2ccc(F)cc2)C1. The zero-order valence-electron chi connectivity index (χ0n) is 16.3. The van der Waals surface area contributed by atoms with Gasteiger partial charge in [-0.1, -0.05) is 30.6 Å². The minimum atomic E-state index is -0.373. The van der Waals surface area contributed by atoms with Gasteiger partial charge in [0.2, 0.25) is 11.0 Å². The molecule has 2 fully saturated rings. The summed E-state index contributed by atoms with van der Waals surface area (Å²) in [4.78, 5) is 27.1. The van der Waals surface area contributed by atoms with Gasteiger partial charge in [-0.05, 0) is 49.9 Å². The van der Waals surface area contributed by atoms with Crippen molar-refractivity contribution >= 4 is 28.3 Å². The number of benzene rings is 1. The quantitative estimate of drug-likeness (QED) is 0.810. The van der Waals surface area contributed by atoms with Gasteiger partial charge < -0.3 is 10.2 Å². The molecule has 2 aromatic rings. The Morgan fingerprint density at radius 2 is 1.79 bits per heavy atom. The first kappa shape index (κ1) is 19.9. The van der Waals surface area contributed by atoms with Crippen LogP contribution in [0.1, 0.15) is 66.2 Å². The Morgan fingerprint density at radius 1 is 1.03 bits per heavy atom. The molecule has 1 unspecified atom stereocenters. The van der Waals surface area contributed by atoms with Gasteiger partial charge in [-0.2, -0.15) is 0 Å². The number of rotatable bonds is 4. The molecule has 1 aliphatic carbocycles. The van der Waals surface area contributed by atoms with Crippen molar-refractivity contribution in [1.82, 2.24) is 15.1 Å². The fourth-order valence-electron chi connectivity index (χ4n) is 4.16. The van der Waals surface area contributed by atoms with Crippen molar-refractivity contribution in [3.8, 4) is 0 Å². The number of halogens is 1. The molecule has 4 rings (SSSR count). The van der Waals surface area contributed by atoms with Crippen molar-refractivity contribution in [2.45, 2.75) is 50.9 Å². The molecular weight excluding hydrogens is 391 g/mol. The molecule has 2 amide bonds. The minimum Gasteiger partial charge on any atom is -0.338 e. The van der Waals surface area contributed by atoms with E-state index in [0.717, 1.165) is 30.7 Å². The average Bonchev–Trinajstić information content (AvgIpc) is 3.23. The highest BCUT2D eigenvalue weighted by Crippen LogP contribution is 2.35. The zero-order valence-corrected chi connectivity index (χ0v) is 17.1. The summed E-state index contributed by atoms with van der Waals surface area (Å²) in [7, 11) is 0. The van der Waals surface area contributed by atoms with Crippen LogP contribution in [0.5, 0.6) is 0 Å². The lowest BCUT2D eigenvalue weighted by Gasteiger charge is -2.32. The molecule has 0 radical (unpaired) electrons. The molecule has 2 heterocycles. The second kappa shape index (κ2) is 8.98. The first-order valence-electron chi connectivity index (χ1n) is 10.3. The molecular formula is C21H25FN4O2S. The Hall–Kier alpha value is -2.35. The predicted octanol–water partition coefficient (Wildman–Crippen LogP) is 4.22. The molecule has 1 saturated heterocycles. The molecule has 1 aromatic carbocycles. The standard InChI is InChI=1S/C21H25FN4O2S/c22-17-10-8-15(9-11-17)20(28)26-12-4-7-16(13-26)18(27)23-21-25-24-19(29-21)14-5-2-1-3-6-14/h8-11,14,16H,1-7,12-13H2,(H,23,25,27). The van der Waals surface area contributed by atoms with E-state index in [1.165, 1.54) is 54.9 Å². The first-order valence-corrected chi connectivity index (χ1v) is 11.1. The number of nitrogens with one attached hydrogen (secondary N) is 1. The molecule has 1 atom stereocenters. The van der Waals surface area contributed by atoms with Crippen LogP contribution in [0.15, 0.2) is 24.3 Å². The third-order valence-corrected chi connectivity index (χ3v) is 6.80. The third kappa shape index (κ3) is 4.80. The number of piperidine rings is 1. The van der Waals surface area contributed by atoms with Gasteiger partial charge in [0.25, 0.3) is 5.91 Å². The Morgan fingerprint density at radius 3 is 2.55 bits per heavy atom. The number of carbonyl (C=O) groups excluding carboxylic acids is 2. The van der Waals surface area contributed by atoms with Crippen molar-refractivity contribution in [3.05, 3.63) is 40.7 Å². The van der Waals surface area contributed by atoms with Crippen LogP contribution >= 0.6 is 11.3 Å². The van der Waals surface area contributed by atoms with Gasteiger partial charge >= 0.3 is 0 Å². The van der Waals surface area contributed by atoms with Crippen molar-refractivity contribution in [2.24, 2.45) is 5.92 Å². The van der Waals surface area contributed by atoms with Crippen LogP contribution in [0.2, 0.25) is 0 Å². The van der Waals surface area contributed by atoms with Crippen molar-refractivity contribution < 1.29 is 14.0 Å². The Kier molecular flexibility index (Phi) is 6.18. The van der Waals surface area contributed by atoms with Crippen LogP contribution in [-0.2, 0) is 4.79 Å². The second-order valence-electron chi connectivity index (χ2n) is 7.87. The van der Waals surface area contributed by atoms with Crippen molar-refractivity contribution in [1.29, 1.82) is 0 Å². The fourth-order valence-corrected chi connectivity index (χ4v) is 5.07. The van der Waals surface area contributed by atoms with E-state index in [4.69, 9.17) is 0 Å². The lowest BCUT2D eigenvalue weighted by molar-refractivity contribution is -0.121. The Bertz CT molecular complexity index is 864. The number of anilines is 1. The molecule has 1 N–H and O–H groups in total. The normalized spacial score (nSPS) is 20.4. The van der Waals surface area contributed by atoms with Crippen LogP contribution < -0.4 is 5.32 Å². The highest BCUT2D eigenvalue weighted by atomic mass is 32.1. The van der Waals surface area contributed by atoms with Gasteiger partial charge in [0.05, 0.1) is 5.92 Å². The molecule has 1 aliphatic heterocycles. The Balaban J connectivity index is 1.35. The van der Waals surface area contributed by atoms with Gasteiger partial charge in [-0.25, -0.2) is 4.39 Å². The number of amides is 2. The highest BCUT2D eigenvalue weighted by Gasteiger charge is 2.30. The number of aromatic nitrogens is 2. The molecule has 2 aliphatic rings. The molecule has 6 nitrogen and oxygen atoms in total. The molecule has 8 heteroatoms. The smallest absolute Gasteiger partial charge is 0.253 e. The minimum absolute atomic E-state index is 0.118.